The summed E-state index contributed by atoms with van der Waals surface area (Å²) in [7, 11) is 0. The Morgan fingerprint density at radius 3 is 2.53 bits per heavy atom. The molecule has 7 heteroatoms. The molecule has 4 nitrogen and oxygen atoms in total. The molecule has 0 aliphatic carbocycles. The van der Waals surface area contributed by atoms with E-state index in [9.17, 15) is 9.59 Å². The quantitative estimate of drug-likeness (QED) is 0.845. The van der Waals surface area contributed by atoms with Gasteiger partial charge in [0.2, 0.25) is 0 Å². The number of ether oxygens (including phenoxy) is 1. The number of halogens is 2. The summed E-state index contributed by atoms with van der Waals surface area (Å²) in [5.74, 6) is -1.23. The van der Waals surface area contributed by atoms with Crippen molar-refractivity contribution in [2.24, 2.45) is 5.73 Å². The minimum atomic E-state index is -0.919. The van der Waals surface area contributed by atoms with Gasteiger partial charge in [0, 0.05) is 4.47 Å². The van der Waals surface area contributed by atoms with Gasteiger partial charge in [-0.2, -0.15) is 0 Å². The Labute approximate surface area is 107 Å². The van der Waals surface area contributed by atoms with Crippen molar-refractivity contribution in [1.29, 1.82) is 0 Å². The Morgan fingerprint density at radius 2 is 2.13 bits per heavy atom. The molecular formula is C8H7Br2NO3S. The number of hydrogen-bond acceptors (Lipinski definition) is 4. The normalized spacial score (nSPS) is 12.2. The lowest BCUT2D eigenvalue weighted by atomic mass is 10.4. The molecule has 0 aliphatic rings. The van der Waals surface area contributed by atoms with Crippen LogP contribution < -0.4 is 5.73 Å². The highest BCUT2D eigenvalue weighted by atomic mass is 79.9. The standard InChI is InChI=1S/C8H7Br2NO3S/c1-3(7(11)12)14-8(13)5-2-4(9)6(10)15-5/h2-3H,1H3,(H2,11,12). The number of primary amides is 1. The maximum absolute atomic E-state index is 11.5. The Hall–Kier alpha value is -0.400. The van der Waals surface area contributed by atoms with E-state index in [1.54, 1.807) is 6.07 Å². The molecular weight excluding hydrogens is 350 g/mol. The van der Waals surface area contributed by atoms with E-state index in [0.717, 1.165) is 8.26 Å². The van der Waals surface area contributed by atoms with Crippen molar-refractivity contribution in [2.45, 2.75) is 13.0 Å². The highest BCUT2D eigenvalue weighted by Gasteiger charge is 2.18. The van der Waals surface area contributed by atoms with Crippen molar-refractivity contribution in [1.82, 2.24) is 0 Å². The Balaban J connectivity index is 2.73. The molecule has 1 amide bonds. The summed E-state index contributed by atoms with van der Waals surface area (Å²) in [5.41, 5.74) is 4.97. The molecule has 1 atom stereocenters. The van der Waals surface area contributed by atoms with Gasteiger partial charge in [-0.25, -0.2) is 4.79 Å². The first-order valence-corrected chi connectivity index (χ1v) is 6.27. The minimum Gasteiger partial charge on any atom is -0.448 e. The molecule has 1 unspecified atom stereocenters. The SMILES string of the molecule is CC(OC(=O)c1cc(Br)c(Br)s1)C(N)=O. The first-order chi connectivity index (χ1) is 6.91. The fourth-order valence-electron chi connectivity index (χ4n) is 0.724. The third-order valence-electron chi connectivity index (χ3n) is 1.53. The van der Waals surface area contributed by atoms with Crippen molar-refractivity contribution >= 4 is 55.1 Å². The number of thiophene rings is 1. The molecule has 0 saturated carbocycles. The summed E-state index contributed by atoms with van der Waals surface area (Å²) in [6.45, 7) is 1.43. The predicted octanol–water partition coefficient (Wildman–Crippen LogP) is 2.30. The van der Waals surface area contributed by atoms with Crippen molar-refractivity contribution in [2.75, 3.05) is 0 Å². The van der Waals surface area contributed by atoms with Gasteiger partial charge < -0.3 is 10.5 Å². The maximum Gasteiger partial charge on any atom is 0.349 e. The lowest BCUT2D eigenvalue weighted by molar-refractivity contribution is -0.125. The van der Waals surface area contributed by atoms with Gasteiger partial charge in [0.15, 0.2) is 6.10 Å². The molecule has 0 spiro atoms. The Bertz CT molecular complexity index is 385. The van der Waals surface area contributed by atoms with E-state index < -0.39 is 18.0 Å². The Kier molecular flexibility index (Phi) is 4.30. The molecule has 0 radical (unpaired) electrons. The molecule has 15 heavy (non-hydrogen) atoms. The zero-order chi connectivity index (χ0) is 11.6. The number of amides is 1. The number of esters is 1. The average Bonchev–Trinajstić information content (AvgIpc) is 2.46. The molecule has 0 fully saturated rings. The number of hydrogen-bond donors (Lipinski definition) is 1. The second-order valence-corrected chi connectivity index (χ2v) is 5.91. The van der Waals surface area contributed by atoms with Crippen molar-refractivity contribution in [3.8, 4) is 0 Å². The minimum absolute atomic E-state index is 0.404. The van der Waals surface area contributed by atoms with E-state index in [0.29, 0.717) is 4.88 Å². The first-order valence-electron chi connectivity index (χ1n) is 3.87. The molecule has 0 bridgehead atoms. The molecule has 0 aliphatic heterocycles. The highest BCUT2D eigenvalue weighted by molar-refractivity contribution is 9.13. The van der Waals surface area contributed by atoms with E-state index in [1.165, 1.54) is 18.3 Å². The average molecular weight is 357 g/mol. The monoisotopic (exact) mass is 355 g/mol. The number of rotatable bonds is 3. The lowest BCUT2D eigenvalue weighted by Crippen LogP contribution is -2.30. The predicted molar refractivity (Wildman–Crippen MR) is 63.8 cm³/mol. The van der Waals surface area contributed by atoms with E-state index in [2.05, 4.69) is 31.9 Å². The maximum atomic E-state index is 11.5. The summed E-state index contributed by atoms with van der Waals surface area (Å²) < 4.78 is 6.38. The second-order valence-electron chi connectivity index (χ2n) is 2.68. The van der Waals surface area contributed by atoms with Crippen LogP contribution in [0.2, 0.25) is 0 Å². The third kappa shape index (κ3) is 3.29. The van der Waals surface area contributed by atoms with Crippen LogP contribution >= 0.6 is 43.2 Å². The van der Waals surface area contributed by atoms with Crippen LogP contribution in [0.4, 0.5) is 0 Å². The van der Waals surface area contributed by atoms with Crippen LogP contribution in [0.15, 0.2) is 14.3 Å². The summed E-state index contributed by atoms with van der Waals surface area (Å²) in [6, 6.07) is 1.62. The van der Waals surface area contributed by atoms with Crippen LogP contribution in [0.3, 0.4) is 0 Å². The third-order valence-corrected chi connectivity index (χ3v) is 4.77. The van der Waals surface area contributed by atoms with Crippen LogP contribution in [0.5, 0.6) is 0 Å². The largest absolute Gasteiger partial charge is 0.448 e. The Morgan fingerprint density at radius 1 is 1.53 bits per heavy atom. The van der Waals surface area contributed by atoms with Crippen LogP contribution in [0, 0.1) is 0 Å². The smallest absolute Gasteiger partial charge is 0.349 e. The molecule has 1 aromatic heterocycles. The van der Waals surface area contributed by atoms with Crippen LogP contribution in [0.25, 0.3) is 0 Å². The summed E-state index contributed by atoms with van der Waals surface area (Å²) in [5, 5.41) is 0. The highest BCUT2D eigenvalue weighted by Crippen LogP contribution is 2.32. The van der Waals surface area contributed by atoms with Crippen LogP contribution in [0.1, 0.15) is 16.6 Å². The molecule has 1 aromatic rings. The molecule has 2 N–H and O–H groups in total. The van der Waals surface area contributed by atoms with Crippen molar-refractivity contribution in [3.05, 3.63) is 19.2 Å². The van der Waals surface area contributed by atoms with Gasteiger partial charge in [-0.1, -0.05) is 0 Å². The van der Waals surface area contributed by atoms with Crippen molar-refractivity contribution in [3.63, 3.8) is 0 Å². The van der Waals surface area contributed by atoms with E-state index >= 15 is 0 Å². The zero-order valence-electron chi connectivity index (χ0n) is 7.62. The summed E-state index contributed by atoms with van der Waals surface area (Å²) >= 11 is 7.71. The van der Waals surface area contributed by atoms with E-state index in [-0.39, 0.29) is 0 Å². The van der Waals surface area contributed by atoms with Gasteiger partial charge in [-0.3, -0.25) is 4.79 Å². The van der Waals surface area contributed by atoms with Gasteiger partial charge in [0.05, 0.1) is 3.79 Å². The zero-order valence-corrected chi connectivity index (χ0v) is 11.6. The van der Waals surface area contributed by atoms with E-state index in [4.69, 9.17) is 10.5 Å². The molecule has 0 aromatic carbocycles. The number of carbonyl (C=O) groups excluding carboxylic acids is 2. The summed E-state index contributed by atoms with van der Waals surface area (Å²) in [4.78, 5) is 22.5. The topological polar surface area (TPSA) is 69.4 Å². The van der Waals surface area contributed by atoms with Crippen LogP contribution in [-0.2, 0) is 9.53 Å². The molecule has 1 rings (SSSR count). The van der Waals surface area contributed by atoms with Crippen molar-refractivity contribution < 1.29 is 14.3 Å². The van der Waals surface area contributed by atoms with E-state index in [1.807, 2.05) is 0 Å². The fourth-order valence-corrected chi connectivity index (χ4v) is 2.64. The van der Waals surface area contributed by atoms with Gasteiger partial charge in [0.25, 0.3) is 5.91 Å². The second kappa shape index (κ2) is 5.09. The number of nitrogens with two attached hydrogens (primary N) is 1. The van der Waals surface area contributed by atoms with Gasteiger partial charge in [0.1, 0.15) is 4.88 Å². The number of carbonyl (C=O) groups is 2. The summed E-state index contributed by atoms with van der Waals surface area (Å²) in [6.07, 6.45) is -0.919. The lowest BCUT2D eigenvalue weighted by Gasteiger charge is -2.07. The first kappa shape index (κ1) is 12.7. The molecule has 0 saturated heterocycles. The van der Waals surface area contributed by atoms with Gasteiger partial charge >= 0.3 is 5.97 Å². The molecule has 1 heterocycles. The van der Waals surface area contributed by atoms with Gasteiger partial charge in [-0.05, 0) is 44.8 Å². The molecule has 82 valence electrons. The van der Waals surface area contributed by atoms with Gasteiger partial charge in [-0.15, -0.1) is 11.3 Å². The fraction of sp³-hybridized carbons (Fsp3) is 0.250. The van der Waals surface area contributed by atoms with Crippen LogP contribution in [-0.4, -0.2) is 18.0 Å².